The molecule has 0 aromatic heterocycles. The predicted molar refractivity (Wildman–Crippen MR) is 49.8 cm³/mol. The van der Waals surface area contributed by atoms with Gasteiger partial charge >= 0.3 is 5.51 Å². The van der Waals surface area contributed by atoms with E-state index in [-0.39, 0.29) is 0 Å². The minimum Gasteiger partial charge on any atom is -0.214 e. The molecule has 0 fully saturated rings. The average molecular weight is 236 g/mol. The Labute approximate surface area is 85.0 Å². The van der Waals surface area contributed by atoms with Crippen LogP contribution in [-0.2, 0) is 9.84 Å². The third-order valence-electron chi connectivity index (χ3n) is 1.73. The average Bonchev–Trinajstić information content (AvgIpc) is 2.16. The van der Waals surface area contributed by atoms with Gasteiger partial charge in [-0.15, -0.1) is 0 Å². The Morgan fingerprint density at radius 2 is 1.60 bits per heavy atom. The highest BCUT2D eigenvalue weighted by Crippen LogP contribution is 2.30. The second-order valence-corrected chi connectivity index (χ2v) is 4.66. The summed E-state index contributed by atoms with van der Waals surface area (Å²) in [5.74, 6) is 0. The summed E-state index contributed by atoms with van der Waals surface area (Å²) in [6, 6.07) is 4.32. The van der Waals surface area contributed by atoms with Gasteiger partial charge in [-0.2, -0.15) is 13.2 Å². The Hall–Kier alpha value is -1.30. The first kappa shape index (κ1) is 11.8. The molecule has 0 aliphatic heterocycles. The van der Waals surface area contributed by atoms with Crippen molar-refractivity contribution in [3.63, 3.8) is 0 Å². The number of benzene rings is 1. The number of hydrogen-bond acceptors (Lipinski definition) is 2. The van der Waals surface area contributed by atoms with Crippen molar-refractivity contribution in [2.45, 2.75) is 10.4 Å². The lowest BCUT2D eigenvalue weighted by Crippen LogP contribution is -2.23. The summed E-state index contributed by atoms with van der Waals surface area (Å²) in [7, 11) is -5.24. The van der Waals surface area contributed by atoms with Gasteiger partial charge in [-0.1, -0.05) is 24.8 Å². The van der Waals surface area contributed by atoms with Crippen molar-refractivity contribution < 1.29 is 21.6 Å². The van der Waals surface area contributed by atoms with E-state index >= 15 is 0 Å². The number of halogens is 3. The predicted octanol–water partition coefficient (Wildman–Crippen LogP) is 2.62. The standard InChI is InChI=1S/C9H7F3O2S/c1-2-7-3-5-8(6-4-7)15(13,14)9(10,11)12/h2-6H,1H2. The van der Waals surface area contributed by atoms with Crippen molar-refractivity contribution >= 4 is 15.9 Å². The molecule has 15 heavy (non-hydrogen) atoms. The molecule has 0 aliphatic rings. The molecule has 2 nitrogen and oxygen atoms in total. The van der Waals surface area contributed by atoms with Crippen LogP contribution in [0.1, 0.15) is 5.56 Å². The molecule has 1 aromatic rings. The van der Waals surface area contributed by atoms with Crippen LogP contribution < -0.4 is 0 Å². The second-order valence-electron chi connectivity index (χ2n) is 2.72. The molecular formula is C9H7F3O2S. The summed E-state index contributed by atoms with van der Waals surface area (Å²) in [5, 5.41) is 0. The number of alkyl halides is 3. The van der Waals surface area contributed by atoms with Crippen LogP contribution in [0.2, 0.25) is 0 Å². The Balaban J connectivity index is 3.24. The highest BCUT2D eigenvalue weighted by atomic mass is 32.2. The highest BCUT2D eigenvalue weighted by molar-refractivity contribution is 7.92. The Bertz CT molecular complexity index is 457. The molecule has 0 N–H and O–H groups in total. The summed E-state index contributed by atoms with van der Waals surface area (Å²) in [6.07, 6.45) is 1.41. The second kappa shape index (κ2) is 3.69. The van der Waals surface area contributed by atoms with E-state index in [4.69, 9.17) is 0 Å². The van der Waals surface area contributed by atoms with Crippen molar-refractivity contribution in [3.05, 3.63) is 36.4 Å². The first-order valence-electron chi connectivity index (χ1n) is 3.83. The van der Waals surface area contributed by atoms with Gasteiger partial charge in [0.2, 0.25) is 0 Å². The zero-order valence-corrected chi connectivity index (χ0v) is 8.27. The topological polar surface area (TPSA) is 34.1 Å². The van der Waals surface area contributed by atoms with Gasteiger partial charge in [-0.05, 0) is 17.7 Å². The van der Waals surface area contributed by atoms with Crippen molar-refractivity contribution in [1.82, 2.24) is 0 Å². The zero-order chi connectivity index (χ0) is 11.7. The molecule has 0 saturated heterocycles. The van der Waals surface area contributed by atoms with Crippen LogP contribution in [0, 0.1) is 0 Å². The van der Waals surface area contributed by atoms with E-state index in [2.05, 4.69) is 6.58 Å². The monoisotopic (exact) mass is 236 g/mol. The molecule has 0 heterocycles. The van der Waals surface area contributed by atoms with E-state index in [1.54, 1.807) is 0 Å². The first-order valence-corrected chi connectivity index (χ1v) is 5.31. The molecule has 82 valence electrons. The molecule has 0 unspecified atom stereocenters. The molecule has 1 rings (SSSR count). The number of sulfone groups is 1. The molecule has 0 bridgehead atoms. The van der Waals surface area contributed by atoms with E-state index in [0.717, 1.165) is 12.1 Å². The molecule has 0 radical (unpaired) electrons. The van der Waals surface area contributed by atoms with Crippen LogP contribution in [-0.4, -0.2) is 13.9 Å². The normalized spacial score (nSPS) is 12.5. The van der Waals surface area contributed by atoms with Gasteiger partial charge in [0.15, 0.2) is 0 Å². The van der Waals surface area contributed by atoms with Gasteiger partial charge in [0.05, 0.1) is 4.90 Å². The quantitative estimate of drug-likeness (QED) is 0.791. The third-order valence-corrected chi connectivity index (χ3v) is 3.23. The number of rotatable bonds is 2. The van der Waals surface area contributed by atoms with Crippen molar-refractivity contribution in [3.8, 4) is 0 Å². The lowest BCUT2D eigenvalue weighted by molar-refractivity contribution is -0.0436. The summed E-state index contributed by atoms with van der Waals surface area (Å²) >= 11 is 0. The minimum absolute atomic E-state index is 0.552. The summed E-state index contributed by atoms with van der Waals surface area (Å²) in [4.78, 5) is -0.763. The van der Waals surface area contributed by atoms with Crippen LogP contribution in [0.5, 0.6) is 0 Å². The molecule has 0 spiro atoms. The largest absolute Gasteiger partial charge is 0.501 e. The fourth-order valence-corrected chi connectivity index (χ4v) is 1.68. The Kier molecular flexibility index (Phi) is 2.90. The van der Waals surface area contributed by atoms with Crippen LogP contribution in [0.25, 0.3) is 6.08 Å². The fraction of sp³-hybridized carbons (Fsp3) is 0.111. The van der Waals surface area contributed by atoms with E-state index in [1.165, 1.54) is 18.2 Å². The van der Waals surface area contributed by atoms with Gasteiger partial charge in [-0.25, -0.2) is 8.42 Å². The molecule has 6 heteroatoms. The van der Waals surface area contributed by atoms with Crippen molar-refractivity contribution in [2.24, 2.45) is 0 Å². The fourth-order valence-electron chi connectivity index (χ4n) is 0.917. The lowest BCUT2D eigenvalue weighted by atomic mass is 10.2. The van der Waals surface area contributed by atoms with E-state index in [1.807, 2.05) is 0 Å². The molecule has 0 saturated carbocycles. The van der Waals surface area contributed by atoms with Crippen LogP contribution in [0.4, 0.5) is 13.2 Å². The first-order chi connectivity index (χ1) is 6.79. The van der Waals surface area contributed by atoms with Crippen LogP contribution in [0.3, 0.4) is 0 Å². The maximum atomic E-state index is 12.1. The van der Waals surface area contributed by atoms with Crippen LogP contribution >= 0.6 is 0 Å². The summed E-state index contributed by atoms with van der Waals surface area (Å²) in [6.45, 7) is 3.40. The number of hydrogen-bond donors (Lipinski definition) is 0. The summed E-state index contributed by atoms with van der Waals surface area (Å²) < 4.78 is 58.1. The van der Waals surface area contributed by atoms with Crippen LogP contribution in [0.15, 0.2) is 35.7 Å². The maximum absolute atomic E-state index is 12.1. The van der Waals surface area contributed by atoms with Gasteiger partial charge in [0.25, 0.3) is 9.84 Å². The molecule has 0 aliphatic carbocycles. The lowest BCUT2D eigenvalue weighted by Gasteiger charge is -2.07. The molecular weight excluding hydrogens is 229 g/mol. The minimum atomic E-state index is -5.26. The van der Waals surface area contributed by atoms with Gasteiger partial charge in [0, 0.05) is 0 Å². The van der Waals surface area contributed by atoms with Crippen molar-refractivity contribution in [2.75, 3.05) is 0 Å². The maximum Gasteiger partial charge on any atom is 0.501 e. The molecule has 1 aromatic carbocycles. The van der Waals surface area contributed by atoms with Gasteiger partial charge in [0.1, 0.15) is 0 Å². The Morgan fingerprint density at radius 1 is 1.13 bits per heavy atom. The smallest absolute Gasteiger partial charge is 0.214 e. The highest BCUT2D eigenvalue weighted by Gasteiger charge is 2.46. The van der Waals surface area contributed by atoms with E-state index < -0.39 is 20.2 Å². The molecule has 0 amide bonds. The van der Waals surface area contributed by atoms with E-state index in [9.17, 15) is 21.6 Å². The zero-order valence-electron chi connectivity index (χ0n) is 7.45. The van der Waals surface area contributed by atoms with Crippen molar-refractivity contribution in [1.29, 1.82) is 0 Å². The summed E-state index contributed by atoms with van der Waals surface area (Å²) in [5.41, 5.74) is -4.71. The molecule has 0 atom stereocenters. The Morgan fingerprint density at radius 3 is 1.93 bits per heavy atom. The van der Waals surface area contributed by atoms with Gasteiger partial charge in [-0.3, -0.25) is 0 Å². The van der Waals surface area contributed by atoms with Gasteiger partial charge < -0.3 is 0 Å². The SMILES string of the molecule is C=Cc1ccc(S(=O)(=O)C(F)(F)F)cc1. The van der Waals surface area contributed by atoms with E-state index in [0.29, 0.717) is 5.56 Å². The third kappa shape index (κ3) is 2.20.